The van der Waals surface area contributed by atoms with Crippen molar-refractivity contribution in [3.05, 3.63) is 38.3 Å². The zero-order valence-corrected chi connectivity index (χ0v) is 14.8. The minimum absolute atomic E-state index is 0.320. The highest BCUT2D eigenvalue weighted by Crippen LogP contribution is 2.31. The van der Waals surface area contributed by atoms with Gasteiger partial charge in [0.05, 0.1) is 5.69 Å². The van der Waals surface area contributed by atoms with E-state index in [4.69, 9.17) is 11.6 Å². The van der Waals surface area contributed by atoms with Crippen LogP contribution in [0.15, 0.2) is 11.4 Å². The fourth-order valence-electron chi connectivity index (χ4n) is 2.63. The predicted molar refractivity (Wildman–Crippen MR) is 91.4 cm³/mol. The molecular formula is C16H24ClN3S. The van der Waals surface area contributed by atoms with Gasteiger partial charge in [-0.3, -0.25) is 4.68 Å². The lowest BCUT2D eigenvalue weighted by molar-refractivity contribution is 0.533. The number of thiophene rings is 1. The van der Waals surface area contributed by atoms with Gasteiger partial charge in [-0.2, -0.15) is 5.10 Å². The Bertz CT molecular complexity index is 588. The standard InChI is InChI=1S/C16H24ClN3S/c1-5-8-18-14(15-12(6-2)7-9-21-15)10-13-11(3)19-20(4)16(13)17/h7,9,14,18H,5-6,8,10H2,1-4H3. The molecule has 0 bridgehead atoms. The minimum Gasteiger partial charge on any atom is -0.309 e. The quantitative estimate of drug-likeness (QED) is 0.823. The van der Waals surface area contributed by atoms with Gasteiger partial charge in [0.2, 0.25) is 0 Å². The van der Waals surface area contributed by atoms with Gasteiger partial charge in [-0.25, -0.2) is 0 Å². The molecule has 0 aliphatic rings. The third-order valence-corrected chi connectivity index (χ3v) is 5.34. The first-order valence-electron chi connectivity index (χ1n) is 7.56. The molecule has 0 aliphatic heterocycles. The minimum atomic E-state index is 0.320. The van der Waals surface area contributed by atoms with Crippen molar-refractivity contribution in [3.63, 3.8) is 0 Å². The Morgan fingerprint density at radius 3 is 2.76 bits per heavy atom. The number of aromatic nitrogens is 2. The number of nitrogens with one attached hydrogen (secondary N) is 1. The van der Waals surface area contributed by atoms with Gasteiger partial charge in [-0.05, 0) is 49.7 Å². The van der Waals surface area contributed by atoms with Crippen molar-refractivity contribution < 1.29 is 0 Å². The third kappa shape index (κ3) is 3.68. The molecule has 0 saturated carbocycles. The number of hydrogen-bond acceptors (Lipinski definition) is 3. The largest absolute Gasteiger partial charge is 0.309 e. The van der Waals surface area contributed by atoms with Crippen LogP contribution in [0.25, 0.3) is 0 Å². The Labute approximate surface area is 136 Å². The van der Waals surface area contributed by atoms with Crippen LogP contribution in [0.1, 0.15) is 48.0 Å². The highest BCUT2D eigenvalue weighted by atomic mass is 35.5. The normalized spacial score (nSPS) is 12.8. The second kappa shape index (κ2) is 7.43. The molecular weight excluding hydrogens is 302 g/mol. The van der Waals surface area contributed by atoms with Gasteiger partial charge in [0.25, 0.3) is 0 Å². The van der Waals surface area contributed by atoms with Crippen molar-refractivity contribution in [2.24, 2.45) is 7.05 Å². The van der Waals surface area contributed by atoms with Gasteiger partial charge >= 0.3 is 0 Å². The summed E-state index contributed by atoms with van der Waals surface area (Å²) in [5.74, 6) is 0. The lowest BCUT2D eigenvalue weighted by atomic mass is 10.0. The fourth-order valence-corrected chi connectivity index (χ4v) is 3.96. The lowest BCUT2D eigenvalue weighted by Crippen LogP contribution is -2.24. The van der Waals surface area contributed by atoms with E-state index in [0.29, 0.717) is 6.04 Å². The molecule has 0 amide bonds. The van der Waals surface area contributed by atoms with E-state index in [1.54, 1.807) is 4.68 Å². The molecule has 1 N–H and O–H groups in total. The molecule has 2 heterocycles. The molecule has 0 spiro atoms. The molecule has 2 aromatic rings. The molecule has 21 heavy (non-hydrogen) atoms. The number of nitrogens with zero attached hydrogens (tertiary/aromatic N) is 2. The van der Waals surface area contributed by atoms with E-state index in [1.807, 2.05) is 25.3 Å². The van der Waals surface area contributed by atoms with Crippen molar-refractivity contribution in [2.45, 2.75) is 46.1 Å². The van der Waals surface area contributed by atoms with E-state index >= 15 is 0 Å². The molecule has 0 fully saturated rings. The Morgan fingerprint density at radius 2 is 2.19 bits per heavy atom. The summed E-state index contributed by atoms with van der Waals surface area (Å²) in [6.07, 6.45) is 3.10. The summed E-state index contributed by atoms with van der Waals surface area (Å²) in [7, 11) is 1.90. The smallest absolute Gasteiger partial charge is 0.130 e. The van der Waals surface area contributed by atoms with E-state index in [-0.39, 0.29) is 0 Å². The van der Waals surface area contributed by atoms with Crippen LogP contribution < -0.4 is 5.32 Å². The maximum Gasteiger partial charge on any atom is 0.130 e. The average molecular weight is 326 g/mol. The Kier molecular flexibility index (Phi) is 5.85. The van der Waals surface area contributed by atoms with Crippen LogP contribution in [-0.4, -0.2) is 16.3 Å². The summed E-state index contributed by atoms with van der Waals surface area (Å²) in [6.45, 7) is 7.46. The number of hydrogen-bond donors (Lipinski definition) is 1. The number of aryl methyl sites for hydroxylation is 3. The summed E-state index contributed by atoms with van der Waals surface area (Å²) < 4.78 is 1.76. The summed E-state index contributed by atoms with van der Waals surface area (Å²) in [4.78, 5) is 1.44. The second-order valence-electron chi connectivity index (χ2n) is 5.35. The molecule has 0 aromatic carbocycles. The molecule has 1 unspecified atom stereocenters. The van der Waals surface area contributed by atoms with Crippen molar-refractivity contribution in [3.8, 4) is 0 Å². The zero-order valence-electron chi connectivity index (χ0n) is 13.2. The van der Waals surface area contributed by atoms with Gasteiger partial charge in [0.1, 0.15) is 5.15 Å². The zero-order chi connectivity index (χ0) is 15.4. The van der Waals surface area contributed by atoms with Gasteiger partial charge in [0.15, 0.2) is 0 Å². The van der Waals surface area contributed by atoms with Crippen LogP contribution in [0.5, 0.6) is 0 Å². The molecule has 3 nitrogen and oxygen atoms in total. The van der Waals surface area contributed by atoms with Crippen LogP contribution >= 0.6 is 22.9 Å². The number of rotatable bonds is 7. The Balaban J connectivity index is 2.28. The fraction of sp³-hybridized carbons (Fsp3) is 0.562. The first-order valence-corrected chi connectivity index (χ1v) is 8.81. The molecule has 2 rings (SSSR count). The molecule has 5 heteroatoms. The predicted octanol–water partition coefficient (Wildman–Crippen LogP) is 4.29. The average Bonchev–Trinajstić information content (AvgIpc) is 3.02. The van der Waals surface area contributed by atoms with Crippen molar-refractivity contribution in [1.29, 1.82) is 0 Å². The van der Waals surface area contributed by atoms with Crippen LogP contribution in [0.2, 0.25) is 5.15 Å². The van der Waals surface area contributed by atoms with Gasteiger partial charge < -0.3 is 5.32 Å². The van der Waals surface area contributed by atoms with E-state index in [9.17, 15) is 0 Å². The van der Waals surface area contributed by atoms with E-state index in [0.717, 1.165) is 42.2 Å². The van der Waals surface area contributed by atoms with Crippen molar-refractivity contribution in [2.75, 3.05) is 6.54 Å². The Morgan fingerprint density at radius 1 is 1.43 bits per heavy atom. The molecule has 0 aliphatic carbocycles. The topological polar surface area (TPSA) is 29.9 Å². The molecule has 0 saturated heterocycles. The van der Waals surface area contributed by atoms with Crippen molar-refractivity contribution in [1.82, 2.24) is 15.1 Å². The van der Waals surface area contributed by atoms with Crippen molar-refractivity contribution >= 4 is 22.9 Å². The van der Waals surface area contributed by atoms with E-state index in [2.05, 4.69) is 35.7 Å². The molecule has 1 atom stereocenters. The maximum atomic E-state index is 6.40. The van der Waals surface area contributed by atoms with Crippen LogP contribution in [-0.2, 0) is 19.9 Å². The molecule has 116 valence electrons. The molecule has 0 radical (unpaired) electrons. The van der Waals surface area contributed by atoms with Crippen LogP contribution in [0, 0.1) is 6.92 Å². The first-order chi connectivity index (χ1) is 10.1. The molecule has 2 aromatic heterocycles. The van der Waals surface area contributed by atoms with Gasteiger partial charge in [-0.1, -0.05) is 25.4 Å². The van der Waals surface area contributed by atoms with Gasteiger partial charge in [-0.15, -0.1) is 11.3 Å². The second-order valence-corrected chi connectivity index (χ2v) is 6.66. The maximum absolute atomic E-state index is 6.40. The Hall–Kier alpha value is -0.840. The SMILES string of the molecule is CCCNC(Cc1c(C)nn(C)c1Cl)c1sccc1CC. The van der Waals surface area contributed by atoms with E-state index < -0.39 is 0 Å². The number of halogens is 1. The van der Waals surface area contributed by atoms with E-state index in [1.165, 1.54) is 10.4 Å². The highest BCUT2D eigenvalue weighted by molar-refractivity contribution is 7.10. The summed E-state index contributed by atoms with van der Waals surface area (Å²) in [6, 6.07) is 2.55. The highest BCUT2D eigenvalue weighted by Gasteiger charge is 2.20. The summed E-state index contributed by atoms with van der Waals surface area (Å²) in [5.41, 5.74) is 3.62. The van der Waals surface area contributed by atoms with Crippen LogP contribution in [0.4, 0.5) is 0 Å². The van der Waals surface area contributed by atoms with Gasteiger partial charge in [0, 0.05) is 23.5 Å². The lowest BCUT2D eigenvalue weighted by Gasteiger charge is -2.19. The first kappa shape index (κ1) is 16.5. The summed E-state index contributed by atoms with van der Waals surface area (Å²) >= 11 is 8.24. The monoisotopic (exact) mass is 325 g/mol. The van der Waals surface area contributed by atoms with Crippen LogP contribution in [0.3, 0.4) is 0 Å². The third-order valence-electron chi connectivity index (χ3n) is 3.80. The summed E-state index contributed by atoms with van der Waals surface area (Å²) in [5, 5.41) is 11.0.